The van der Waals surface area contributed by atoms with Crippen LogP contribution in [-0.4, -0.2) is 38.2 Å². The molecule has 168 valence electrons. The van der Waals surface area contributed by atoms with Crippen LogP contribution in [-0.2, 0) is 9.59 Å². The number of hydrogen-bond donors (Lipinski definition) is 2. The van der Waals surface area contributed by atoms with Crippen LogP contribution in [0.25, 0.3) is 0 Å². The number of esters is 1. The zero-order valence-electron chi connectivity index (χ0n) is 17.9. The Labute approximate surface area is 190 Å². The zero-order valence-corrected chi connectivity index (χ0v) is 17.9. The van der Waals surface area contributed by atoms with Crippen molar-refractivity contribution in [3.63, 3.8) is 0 Å². The van der Waals surface area contributed by atoms with E-state index >= 15 is 0 Å². The third kappa shape index (κ3) is 6.66. The molecule has 0 aliphatic carbocycles. The van der Waals surface area contributed by atoms with Gasteiger partial charge in [0.1, 0.15) is 17.2 Å². The number of carbonyl (C=O) groups is 3. The van der Waals surface area contributed by atoms with Crippen molar-refractivity contribution < 1.29 is 28.6 Å². The van der Waals surface area contributed by atoms with Gasteiger partial charge in [-0.25, -0.2) is 10.2 Å². The lowest BCUT2D eigenvalue weighted by Gasteiger charge is -2.06. The Bertz CT molecular complexity index is 1140. The Balaban J connectivity index is 1.49. The van der Waals surface area contributed by atoms with Gasteiger partial charge in [-0.05, 0) is 78.4 Å². The van der Waals surface area contributed by atoms with E-state index in [1.54, 1.807) is 79.9 Å². The predicted octanol–water partition coefficient (Wildman–Crippen LogP) is 3.01. The molecule has 0 saturated carbocycles. The van der Waals surface area contributed by atoms with Crippen LogP contribution < -0.4 is 25.0 Å². The molecule has 0 unspecified atom stereocenters. The Morgan fingerprint density at radius 3 is 1.85 bits per heavy atom. The Morgan fingerprint density at radius 2 is 1.27 bits per heavy atom. The lowest BCUT2D eigenvalue weighted by Crippen LogP contribution is -2.32. The summed E-state index contributed by atoms with van der Waals surface area (Å²) in [6, 6.07) is 19.5. The maximum atomic E-state index is 12.2. The second-order valence-corrected chi connectivity index (χ2v) is 6.57. The summed E-state index contributed by atoms with van der Waals surface area (Å²) in [5, 5.41) is 6.21. The molecular weight excluding hydrogens is 426 g/mol. The number of methoxy groups -OCH3 is 2. The number of ether oxygens (including phenoxy) is 3. The van der Waals surface area contributed by atoms with Gasteiger partial charge in [-0.1, -0.05) is 0 Å². The molecule has 0 radical (unpaired) electrons. The number of anilines is 1. The van der Waals surface area contributed by atoms with Gasteiger partial charge in [0.15, 0.2) is 0 Å². The third-order valence-corrected chi connectivity index (χ3v) is 4.35. The zero-order chi connectivity index (χ0) is 23.6. The fraction of sp³-hybridized carbons (Fsp3) is 0.0833. The lowest BCUT2D eigenvalue weighted by atomic mass is 10.2. The fourth-order valence-corrected chi connectivity index (χ4v) is 2.59. The topological polar surface area (TPSA) is 115 Å². The monoisotopic (exact) mass is 447 g/mol. The molecule has 0 aliphatic heterocycles. The van der Waals surface area contributed by atoms with E-state index in [2.05, 4.69) is 15.8 Å². The number of hydrogen-bond acceptors (Lipinski definition) is 7. The van der Waals surface area contributed by atoms with E-state index in [0.717, 1.165) is 0 Å². The minimum atomic E-state index is -0.924. The van der Waals surface area contributed by atoms with Crippen LogP contribution in [0.3, 0.4) is 0 Å². The first-order chi connectivity index (χ1) is 16.0. The largest absolute Gasteiger partial charge is 0.497 e. The van der Waals surface area contributed by atoms with E-state index in [4.69, 9.17) is 14.2 Å². The van der Waals surface area contributed by atoms with Crippen LogP contribution in [0.1, 0.15) is 15.9 Å². The molecular formula is C24H21N3O6. The van der Waals surface area contributed by atoms with Gasteiger partial charge >= 0.3 is 17.8 Å². The highest BCUT2D eigenvalue weighted by molar-refractivity contribution is 6.39. The van der Waals surface area contributed by atoms with Crippen molar-refractivity contribution in [3.8, 4) is 17.2 Å². The molecule has 3 rings (SSSR count). The van der Waals surface area contributed by atoms with Crippen LogP contribution in [0, 0.1) is 0 Å². The number of hydrazone groups is 1. The molecule has 0 bridgehead atoms. The van der Waals surface area contributed by atoms with Crippen molar-refractivity contribution in [3.05, 3.63) is 83.9 Å². The summed E-state index contributed by atoms with van der Waals surface area (Å²) in [4.78, 5) is 36.0. The van der Waals surface area contributed by atoms with E-state index in [9.17, 15) is 14.4 Å². The van der Waals surface area contributed by atoms with Crippen molar-refractivity contribution >= 4 is 29.7 Å². The smallest absolute Gasteiger partial charge is 0.343 e. The van der Waals surface area contributed by atoms with Crippen LogP contribution >= 0.6 is 0 Å². The van der Waals surface area contributed by atoms with Gasteiger partial charge in [0.05, 0.1) is 26.0 Å². The number of nitrogens with one attached hydrogen (secondary N) is 2. The van der Waals surface area contributed by atoms with Crippen LogP contribution in [0.5, 0.6) is 17.2 Å². The van der Waals surface area contributed by atoms with E-state index in [1.165, 1.54) is 13.3 Å². The van der Waals surface area contributed by atoms with Gasteiger partial charge in [0, 0.05) is 5.69 Å². The summed E-state index contributed by atoms with van der Waals surface area (Å²) < 4.78 is 15.4. The van der Waals surface area contributed by atoms with E-state index in [-0.39, 0.29) is 0 Å². The molecule has 0 heterocycles. The van der Waals surface area contributed by atoms with Crippen LogP contribution in [0.2, 0.25) is 0 Å². The fourth-order valence-electron chi connectivity index (χ4n) is 2.59. The number of amides is 2. The molecule has 9 heteroatoms. The van der Waals surface area contributed by atoms with Gasteiger partial charge in [0.2, 0.25) is 0 Å². The summed E-state index contributed by atoms with van der Waals surface area (Å²) in [7, 11) is 3.07. The summed E-state index contributed by atoms with van der Waals surface area (Å²) in [5.41, 5.74) is 3.60. The minimum Gasteiger partial charge on any atom is -0.497 e. The molecule has 0 atom stereocenters. The maximum absolute atomic E-state index is 12.2. The molecule has 2 amide bonds. The van der Waals surface area contributed by atoms with E-state index in [1.807, 2.05) is 0 Å². The molecule has 3 aromatic carbocycles. The van der Waals surface area contributed by atoms with Crippen molar-refractivity contribution in [2.24, 2.45) is 5.10 Å². The van der Waals surface area contributed by atoms with Crippen molar-refractivity contribution in [1.29, 1.82) is 0 Å². The molecule has 0 fully saturated rings. The van der Waals surface area contributed by atoms with E-state index < -0.39 is 17.8 Å². The van der Waals surface area contributed by atoms with Crippen LogP contribution in [0.15, 0.2) is 77.9 Å². The minimum absolute atomic E-state index is 0.343. The average molecular weight is 447 g/mol. The molecule has 0 saturated heterocycles. The third-order valence-electron chi connectivity index (χ3n) is 4.35. The quantitative estimate of drug-likeness (QED) is 0.189. The average Bonchev–Trinajstić information content (AvgIpc) is 2.85. The highest BCUT2D eigenvalue weighted by atomic mass is 16.5. The van der Waals surface area contributed by atoms with E-state index in [0.29, 0.717) is 34.1 Å². The molecule has 0 aromatic heterocycles. The van der Waals surface area contributed by atoms with Gasteiger partial charge in [-0.3, -0.25) is 9.59 Å². The highest BCUT2D eigenvalue weighted by Crippen LogP contribution is 2.16. The van der Waals surface area contributed by atoms with Crippen molar-refractivity contribution in [1.82, 2.24) is 5.43 Å². The van der Waals surface area contributed by atoms with Crippen molar-refractivity contribution in [2.75, 3.05) is 19.5 Å². The lowest BCUT2D eigenvalue weighted by molar-refractivity contribution is -0.136. The van der Waals surface area contributed by atoms with Gasteiger partial charge in [-0.2, -0.15) is 5.10 Å². The highest BCUT2D eigenvalue weighted by Gasteiger charge is 2.13. The summed E-state index contributed by atoms with van der Waals surface area (Å²) in [5.74, 6) is -0.681. The number of rotatable bonds is 7. The molecule has 2 N–H and O–H groups in total. The molecule has 9 nitrogen and oxygen atoms in total. The standard InChI is InChI=1S/C24H21N3O6/c1-31-19-11-5-17(6-12-19)24(30)33-21-9-3-16(4-10-21)15-25-27-23(29)22(28)26-18-7-13-20(32-2)14-8-18/h3-15H,1-2H3,(H,26,28)(H,27,29)/b25-15+. The number of nitrogens with zero attached hydrogens (tertiary/aromatic N) is 1. The number of benzene rings is 3. The first-order valence-electron chi connectivity index (χ1n) is 9.73. The normalized spacial score (nSPS) is 10.4. The summed E-state index contributed by atoms with van der Waals surface area (Å²) >= 11 is 0. The Hall–Kier alpha value is -4.66. The molecule has 0 spiro atoms. The van der Waals surface area contributed by atoms with Gasteiger partial charge < -0.3 is 19.5 Å². The van der Waals surface area contributed by atoms with Crippen molar-refractivity contribution in [2.45, 2.75) is 0 Å². The first-order valence-corrected chi connectivity index (χ1v) is 9.73. The second kappa shape index (κ2) is 11.1. The summed E-state index contributed by atoms with van der Waals surface area (Å²) in [6.45, 7) is 0. The second-order valence-electron chi connectivity index (χ2n) is 6.57. The molecule has 0 aliphatic rings. The Morgan fingerprint density at radius 1 is 0.727 bits per heavy atom. The van der Waals surface area contributed by atoms with Gasteiger partial charge in [-0.15, -0.1) is 0 Å². The Kier molecular flexibility index (Phi) is 7.74. The maximum Gasteiger partial charge on any atom is 0.343 e. The molecule has 33 heavy (non-hydrogen) atoms. The van der Waals surface area contributed by atoms with Crippen LogP contribution in [0.4, 0.5) is 5.69 Å². The molecule has 3 aromatic rings. The first kappa shape index (κ1) is 23.0. The predicted molar refractivity (Wildman–Crippen MR) is 122 cm³/mol. The van der Waals surface area contributed by atoms with Gasteiger partial charge in [0.25, 0.3) is 0 Å². The summed E-state index contributed by atoms with van der Waals surface area (Å²) in [6.07, 6.45) is 1.35. The number of carbonyl (C=O) groups excluding carboxylic acids is 3. The SMILES string of the molecule is COc1ccc(NC(=O)C(=O)N/N=C/c2ccc(OC(=O)c3ccc(OC)cc3)cc2)cc1.